The van der Waals surface area contributed by atoms with Crippen LogP contribution in [0.25, 0.3) is 0 Å². The summed E-state index contributed by atoms with van der Waals surface area (Å²) < 4.78 is 0. The maximum Gasteiger partial charge on any atom is 0.258 e. The van der Waals surface area contributed by atoms with Crippen LogP contribution in [0.5, 0.6) is 0 Å². The molecule has 0 spiro atoms. The maximum atomic E-state index is 12.1. The van der Waals surface area contributed by atoms with Crippen LogP contribution >= 0.6 is 0 Å². The lowest BCUT2D eigenvalue weighted by molar-refractivity contribution is 0.102. The fourth-order valence-corrected chi connectivity index (χ4v) is 1.66. The molecule has 1 heterocycles. The molecule has 1 amide bonds. The first-order chi connectivity index (χ1) is 9.22. The molecule has 0 aliphatic carbocycles. The van der Waals surface area contributed by atoms with E-state index < -0.39 is 0 Å². The van der Waals surface area contributed by atoms with Gasteiger partial charge in [-0.1, -0.05) is 17.9 Å². The Morgan fingerprint density at radius 2 is 2.37 bits per heavy atom. The van der Waals surface area contributed by atoms with Crippen LogP contribution in [0.4, 0.5) is 5.95 Å². The molecular formula is C14H13N3O2. The van der Waals surface area contributed by atoms with Gasteiger partial charge in [-0.2, -0.15) is 0 Å². The first-order valence-corrected chi connectivity index (χ1v) is 5.72. The van der Waals surface area contributed by atoms with Gasteiger partial charge in [-0.25, -0.2) is 4.98 Å². The minimum absolute atomic E-state index is 0.206. The Morgan fingerprint density at radius 3 is 3.05 bits per heavy atom. The van der Waals surface area contributed by atoms with Gasteiger partial charge in [-0.05, 0) is 24.6 Å². The Balaban J connectivity index is 2.27. The number of hydrogen-bond acceptors (Lipinski definition) is 3. The van der Waals surface area contributed by atoms with Crippen LogP contribution in [0.3, 0.4) is 0 Å². The molecule has 0 saturated carbocycles. The number of amides is 1. The third-order valence-electron chi connectivity index (χ3n) is 2.61. The van der Waals surface area contributed by atoms with Gasteiger partial charge in [-0.15, -0.1) is 0 Å². The minimum Gasteiger partial charge on any atom is -0.384 e. The molecule has 2 rings (SSSR count). The van der Waals surface area contributed by atoms with Crippen LogP contribution in [0.2, 0.25) is 0 Å². The van der Waals surface area contributed by atoms with Crippen molar-refractivity contribution >= 4 is 11.9 Å². The van der Waals surface area contributed by atoms with Crippen molar-refractivity contribution in [2.24, 2.45) is 0 Å². The van der Waals surface area contributed by atoms with Gasteiger partial charge in [0.25, 0.3) is 5.91 Å². The molecule has 2 aromatic rings. The van der Waals surface area contributed by atoms with Crippen molar-refractivity contribution in [2.75, 3.05) is 11.9 Å². The molecule has 0 aliphatic heterocycles. The highest BCUT2D eigenvalue weighted by molar-refractivity contribution is 6.04. The molecule has 5 heteroatoms. The summed E-state index contributed by atoms with van der Waals surface area (Å²) in [6.45, 7) is 1.61. The second kappa shape index (κ2) is 5.85. The standard InChI is InChI=1S/C14H13N3O2/c1-10-11(5-3-9-18)4-2-6-12(10)13(19)17-14-15-7-8-16-14/h2,4,6-8,18H,9H2,1H3,(H2,15,16,17,19). The molecule has 5 nitrogen and oxygen atoms in total. The van der Waals surface area contributed by atoms with Crippen molar-refractivity contribution in [1.29, 1.82) is 0 Å². The number of aromatic nitrogens is 2. The lowest BCUT2D eigenvalue weighted by Gasteiger charge is -2.07. The molecule has 1 aromatic heterocycles. The topological polar surface area (TPSA) is 78.0 Å². The summed E-state index contributed by atoms with van der Waals surface area (Å²) in [4.78, 5) is 18.8. The van der Waals surface area contributed by atoms with Crippen LogP contribution < -0.4 is 5.32 Å². The molecule has 96 valence electrons. The van der Waals surface area contributed by atoms with Gasteiger partial charge in [0, 0.05) is 23.5 Å². The summed E-state index contributed by atoms with van der Waals surface area (Å²) in [5, 5.41) is 11.4. The number of nitrogens with one attached hydrogen (secondary N) is 2. The lowest BCUT2D eigenvalue weighted by Crippen LogP contribution is -2.14. The van der Waals surface area contributed by atoms with Gasteiger partial charge in [-0.3, -0.25) is 10.1 Å². The molecule has 1 aromatic carbocycles. The zero-order valence-corrected chi connectivity index (χ0v) is 10.4. The molecule has 0 fully saturated rings. The highest BCUT2D eigenvalue weighted by atomic mass is 16.2. The van der Waals surface area contributed by atoms with E-state index in [4.69, 9.17) is 5.11 Å². The van der Waals surface area contributed by atoms with Gasteiger partial charge in [0.2, 0.25) is 5.95 Å². The summed E-state index contributed by atoms with van der Waals surface area (Å²) in [6, 6.07) is 5.28. The van der Waals surface area contributed by atoms with Crippen molar-refractivity contribution in [2.45, 2.75) is 6.92 Å². The summed E-state index contributed by atoms with van der Waals surface area (Å²) in [5.41, 5.74) is 2.02. The number of aromatic amines is 1. The number of carbonyl (C=O) groups is 1. The van der Waals surface area contributed by atoms with E-state index in [9.17, 15) is 4.79 Å². The second-order valence-corrected chi connectivity index (χ2v) is 3.83. The van der Waals surface area contributed by atoms with E-state index in [2.05, 4.69) is 27.1 Å². The monoisotopic (exact) mass is 255 g/mol. The average Bonchev–Trinajstić information content (AvgIpc) is 2.90. The molecule has 19 heavy (non-hydrogen) atoms. The fourth-order valence-electron chi connectivity index (χ4n) is 1.66. The van der Waals surface area contributed by atoms with Crippen molar-refractivity contribution in [1.82, 2.24) is 9.97 Å². The summed E-state index contributed by atoms with van der Waals surface area (Å²) >= 11 is 0. The Hall–Kier alpha value is -2.58. The molecule has 0 saturated heterocycles. The number of aliphatic hydroxyl groups excluding tert-OH is 1. The zero-order valence-electron chi connectivity index (χ0n) is 10.4. The van der Waals surface area contributed by atoms with Crippen LogP contribution in [0.1, 0.15) is 21.5 Å². The summed E-state index contributed by atoms with van der Waals surface area (Å²) in [6.07, 6.45) is 3.19. The third-order valence-corrected chi connectivity index (χ3v) is 2.61. The fraction of sp³-hybridized carbons (Fsp3) is 0.143. The van der Waals surface area contributed by atoms with Crippen molar-refractivity contribution in [3.8, 4) is 11.8 Å². The number of H-pyrrole nitrogens is 1. The van der Waals surface area contributed by atoms with E-state index in [0.717, 1.165) is 11.1 Å². The Morgan fingerprint density at radius 1 is 1.53 bits per heavy atom. The lowest BCUT2D eigenvalue weighted by atomic mass is 10.0. The van der Waals surface area contributed by atoms with Gasteiger partial charge in [0.05, 0.1) is 0 Å². The minimum atomic E-state index is -0.250. The third kappa shape index (κ3) is 3.00. The number of anilines is 1. The van der Waals surface area contributed by atoms with Gasteiger partial charge in [0.1, 0.15) is 6.61 Å². The van der Waals surface area contributed by atoms with E-state index >= 15 is 0 Å². The highest BCUT2D eigenvalue weighted by Gasteiger charge is 2.11. The number of carbonyl (C=O) groups excluding carboxylic acids is 1. The molecule has 0 radical (unpaired) electrons. The van der Waals surface area contributed by atoms with E-state index in [-0.39, 0.29) is 12.5 Å². The van der Waals surface area contributed by atoms with Crippen LogP contribution in [-0.2, 0) is 0 Å². The number of imidazole rings is 1. The van der Waals surface area contributed by atoms with Crippen LogP contribution in [-0.4, -0.2) is 27.6 Å². The molecular weight excluding hydrogens is 242 g/mol. The first-order valence-electron chi connectivity index (χ1n) is 5.72. The van der Waals surface area contributed by atoms with Gasteiger partial charge < -0.3 is 10.1 Å². The van der Waals surface area contributed by atoms with E-state index in [1.165, 1.54) is 0 Å². The van der Waals surface area contributed by atoms with E-state index in [0.29, 0.717) is 11.5 Å². The van der Waals surface area contributed by atoms with Crippen molar-refractivity contribution < 1.29 is 9.90 Å². The summed E-state index contributed by atoms with van der Waals surface area (Å²) in [7, 11) is 0. The highest BCUT2D eigenvalue weighted by Crippen LogP contribution is 2.14. The first kappa shape index (κ1) is 12.9. The maximum absolute atomic E-state index is 12.1. The number of rotatable bonds is 2. The Bertz CT molecular complexity index is 636. The van der Waals surface area contributed by atoms with Gasteiger partial charge in [0.15, 0.2) is 0 Å². The van der Waals surface area contributed by atoms with Crippen LogP contribution in [0.15, 0.2) is 30.6 Å². The number of benzene rings is 1. The second-order valence-electron chi connectivity index (χ2n) is 3.83. The Kier molecular flexibility index (Phi) is 3.96. The zero-order chi connectivity index (χ0) is 13.7. The quantitative estimate of drug-likeness (QED) is 0.708. The molecule has 0 unspecified atom stereocenters. The smallest absolute Gasteiger partial charge is 0.258 e. The number of aliphatic hydroxyl groups is 1. The number of hydrogen-bond donors (Lipinski definition) is 3. The summed E-state index contributed by atoms with van der Waals surface area (Å²) in [5.74, 6) is 5.54. The normalized spacial score (nSPS) is 9.58. The predicted molar refractivity (Wildman–Crippen MR) is 71.7 cm³/mol. The molecule has 0 aliphatic rings. The SMILES string of the molecule is Cc1c(C#CCO)cccc1C(=O)Nc1ncc[nH]1. The van der Waals surface area contributed by atoms with E-state index in [1.54, 1.807) is 24.5 Å². The van der Waals surface area contributed by atoms with Gasteiger partial charge >= 0.3 is 0 Å². The van der Waals surface area contributed by atoms with E-state index in [1.807, 2.05) is 13.0 Å². The molecule has 0 atom stereocenters. The van der Waals surface area contributed by atoms with Crippen molar-refractivity contribution in [3.63, 3.8) is 0 Å². The number of nitrogens with zero attached hydrogens (tertiary/aromatic N) is 1. The molecule has 3 N–H and O–H groups in total. The molecule has 0 bridgehead atoms. The predicted octanol–water partition coefficient (Wildman–Crippen LogP) is 1.31. The average molecular weight is 255 g/mol. The largest absolute Gasteiger partial charge is 0.384 e. The van der Waals surface area contributed by atoms with Crippen LogP contribution in [0, 0.1) is 18.8 Å². The van der Waals surface area contributed by atoms with Crippen molar-refractivity contribution in [3.05, 3.63) is 47.3 Å². The Labute approximate surface area is 110 Å².